The van der Waals surface area contributed by atoms with Gasteiger partial charge in [0.05, 0.1) is 0 Å². The highest BCUT2D eigenvalue weighted by Gasteiger charge is 2.37. The van der Waals surface area contributed by atoms with Gasteiger partial charge in [-0.2, -0.15) is 0 Å². The first-order chi connectivity index (χ1) is 8.16. The normalized spacial score (nSPS) is 24.9. The third-order valence-corrected chi connectivity index (χ3v) is 3.50. The van der Waals surface area contributed by atoms with Gasteiger partial charge in [-0.15, -0.1) is 0 Å². The number of rotatable bonds is 3. The summed E-state index contributed by atoms with van der Waals surface area (Å²) < 4.78 is 7.51. The minimum atomic E-state index is -0.780. The molecule has 1 aliphatic carbocycles. The number of imidazole rings is 1. The van der Waals surface area contributed by atoms with Crippen molar-refractivity contribution in [3.8, 4) is 0 Å². The number of aromatic nitrogens is 2. The molecule has 0 saturated heterocycles. The Balaban J connectivity index is 1.84. The molecule has 17 heavy (non-hydrogen) atoms. The highest BCUT2D eigenvalue weighted by atomic mass is 16.4. The first kappa shape index (κ1) is 10.6. The number of hydrogen-bond acceptors (Lipinski definition) is 3. The summed E-state index contributed by atoms with van der Waals surface area (Å²) in [7, 11) is 1.86. The molecule has 0 aliphatic heterocycles. The van der Waals surface area contributed by atoms with Crippen molar-refractivity contribution in [2.45, 2.75) is 25.4 Å². The van der Waals surface area contributed by atoms with E-state index in [2.05, 4.69) is 11.9 Å². The summed E-state index contributed by atoms with van der Waals surface area (Å²) >= 11 is 0. The second-order valence-corrected chi connectivity index (χ2v) is 4.86. The molecule has 2 heterocycles. The fourth-order valence-corrected chi connectivity index (χ4v) is 2.20. The van der Waals surface area contributed by atoms with Crippen LogP contribution in [0, 0.1) is 5.92 Å². The maximum Gasteiger partial charge on any atom is 0.169 e. The average molecular weight is 232 g/mol. The zero-order valence-corrected chi connectivity index (χ0v) is 10.00. The van der Waals surface area contributed by atoms with E-state index in [1.807, 2.05) is 25.4 Å². The maximum atomic E-state index is 10.2. The summed E-state index contributed by atoms with van der Waals surface area (Å²) in [6.45, 7) is 2.21. The molecule has 1 saturated carbocycles. The van der Waals surface area contributed by atoms with Gasteiger partial charge in [-0.1, -0.05) is 6.92 Å². The van der Waals surface area contributed by atoms with Crippen LogP contribution in [0.2, 0.25) is 0 Å². The second kappa shape index (κ2) is 3.74. The van der Waals surface area contributed by atoms with E-state index in [-0.39, 0.29) is 0 Å². The van der Waals surface area contributed by atoms with Gasteiger partial charge in [0.2, 0.25) is 0 Å². The van der Waals surface area contributed by atoms with Gasteiger partial charge in [0, 0.05) is 25.4 Å². The lowest BCUT2D eigenvalue weighted by atomic mass is 10.2. The van der Waals surface area contributed by atoms with Crippen LogP contribution in [-0.2, 0) is 7.05 Å². The van der Waals surface area contributed by atoms with Crippen LogP contribution in [0.5, 0.6) is 0 Å². The fourth-order valence-electron chi connectivity index (χ4n) is 2.20. The number of furan rings is 1. The number of hydrogen-bond donors (Lipinski definition) is 1. The standard InChI is InChI=1S/C13H16N2O2/c1-8-7-9(8)10-3-4-11(17-10)12(16)13-14-5-6-15(13)2/h3-6,8-9,12,16H,7H2,1-2H3. The Hall–Kier alpha value is -1.55. The number of aliphatic hydroxyl groups is 1. The van der Waals surface area contributed by atoms with E-state index in [4.69, 9.17) is 4.42 Å². The summed E-state index contributed by atoms with van der Waals surface area (Å²) in [4.78, 5) is 4.13. The summed E-state index contributed by atoms with van der Waals surface area (Å²) in [5.74, 6) is 3.42. The first-order valence-electron chi connectivity index (χ1n) is 5.91. The van der Waals surface area contributed by atoms with Crippen LogP contribution in [0.4, 0.5) is 0 Å². The predicted octanol–water partition coefficient (Wildman–Crippen LogP) is 2.22. The highest BCUT2D eigenvalue weighted by molar-refractivity contribution is 5.21. The number of aryl methyl sites for hydroxylation is 1. The Morgan fingerprint density at radius 3 is 2.88 bits per heavy atom. The van der Waals surface area contributed by atoms with Crippen LogP contribution in [-0.4, -0.2) is 14.7 Å². The largest absolute Gasteiger partial charge is 0.463 e. The Labute approximate surface area is 99.9 Å². The van der Waals surface area contributed by atoms with Gasteiger partial charge in [-0.3, -0.25) is 0 Å². The Kier molecular flexibility index (Phi) is 2.33. The van der Waals surface area contributed by atoms with E-state index in [0.29, 0.717) is 23.4 Å². The molecule has 0 spiro atoms. The lowest BCUT2D eigenvalue weighted by molar-refractivity contribution is 0.174. The molecule has 2 aromatic heterocycles. The zero-order valence-electron chi connectivity index (χ0n) is 10.00. The molecule has 3 atom stereocenters. The first-order valence-corrected chi connectivity index (χ1v) is 5.91. The van der Waals surface area contributed by atoms with Crippen molar-refractivity contribution in [3.05, 3.63) is 41.9 Å². The molecule has 1 aliphatic rings. The monoisotopic (exact) mass is 232 g/mol. The van der Waals surface area contributed by atoms with E-state index in [1.54, 1.807) is 10.8 Å². The predicted molar refractivity (Wildman–Crippen MR) is 62.5 cm³/mol. The zero-order chi connectivity index (χ0) is 12.0. The van der Waals surface area contributed by atoms with Crippen LogP contribution in [0.1, 0.15) is 42.7 Å². The van der Waals surface area contributed by atoms with E-state index >= 15 is 0 Å². The van der Waals surface area contributed by atoms with Crippen molar-refractivity contribution in [3.63, 3.8) is 0 Å². The van der Waals surface area contributed by atoms with Gasteiger partial charge in [-0.05, 0) is 24.5 Å². The summed E-state index contributed by atoms with van der Waals surface area (Å²) in [6, 6.07) is 3.81. The minimum Gasteiger partial charge on any atom is -0.463 e. The van der Waals surface area contributed by atoms with Crippen molar-refractivity contribution >= 4 is 0 Å². The fraction of sp³-hybridized carbons (Fsp3) is 0.462. The van der Waals surface area contributed by atoms with Gasteiger partial charge in [0.1, 0.15) is 17.3 Å². The van der Waals surface area contributed by atoms with Crippen LogP contribution >= 0.6 is 0 Å². The quantitative estimate of drug-likeness (QED) is 0.882. The molecule has 0 radical (unpaired) electrons. The van der Waals surface area contributed by atoms with E-state index < -0.39 is 6.10 Å². The molecule has 0 amide bonds. The van der Waals surface area contributed by atoms with Crippen molar-refractivity contribution in [2.75, 3.05) is 0 Å². The van der Waals surface area contributed by atoms with E-state index in [1.165, 1.54) is 6.42 Å². The molecule has 4 nitrogen and oxygen atoms in total. The molecular weight excluding hydrogens is 216 g/mol. The molecule has 90 valence electrons. The minimum absolute atomic E-state index is 0.539. The molecule has 2 aromatic rings. The smallest absolute Gasteiger partial charge is 0.169 e. The van der Waals surface area contributed by atoms with Gasteiger partial charge in [-0.25, -0.2) is 4.98 Å². The van der Waals surface area contributed by atoms with Crippen molar-refractivity contribution in [2.24, 2.45) is 13.0 Å². The van der Waals surface area contributed by atoms with Crippen LogP contribution in [0.15, 0.2) is 28.9 Å². The Bertz CT molecular complexity index is 529. The topological polar surface area (TPSA) is 51.2 Å². The van der Waals surface area contributed by atoms with Gasteiger partial charge >= 0.3 is 0 Å². The lowest BCUT2D eigenvalue weighted by Gasteiger charge is -2.07. The Morgan fingerprint density at radius 2 is 2.29 bits per heavy atom. The molecule has 3 rings (SSSR count). The molecular formula is C13H16N2O2. The lowest BCUT2D eigenvalue weighted by Crippen LogP contribution is -2.05. The molecule has 4 heteroatoms. The summed E-state index contributed by atoms with van der Waals surface area (Å²) in [5, 5.41) is 10.2. The number of nitrogens with zero attached hydrogens (tertiary/aromatic N) is 2. The molecule has 3 unspecified atom stereocenters. The maximum absolute atomic E-state index is 10.2. The molecule has 0 aromatic carbocycles. The summed E-state index contributed by atoms with van der Waals surface area (Å²) in [5.41, 5.74) is 0. The van der Waals surface area contributed by atoms with Gasteiger partial charge < -0.3 is 14.1 Å². The SMILES string of the molecule is CC1CC1c1ccc(C(O)c2nccn2C)o1. The second-order valence-electron chi connectivity index (χ2n) is 4.86. The Morgan fingerprint density at radius 1 is 1.53 bits per heavy atom. The molecule has 1 N–H and O–H groups in total. The van der Waals surface area contributed by atoms with Gasteiger partial charge in [0.25, 0.3) is 0 Å². The molecule has 0 bridgehead atoms. The van der Waals surface area contributed by atoms with Crippen molar-refractivity contribution in [1.82, 2.24) is 9.55 Å². The van der Waals surface area contributed by atoms with Crippen LogP contribution in [0.3, 0.4) is 0 Å². The summed E-state index contributed by atoms with van der Waals surface area (Å²) in [6.07, 6.45) is 3.89. The highest BCUT2D eigenvalue weighted by Crippen LogP contribution is 2.47. The number of aliphatic hydroxyl groups excluding tert-OH is 1. The van der Waals surface area contributed by atoms with Crippen LogP contribution < -0.4 is 0 Å². The van der Waals surface area contributed by atoms with Crippen LogP contribution in [0.25, 0.3) is 0 Å². The van der Waals surface area contributed by atoms with E-state index in [9.17, 15) is 5.11 Å². The third-order valence-electron chi connectivity index (χ3n) is 3.50. The third kappa shape index (κ3) is 1.78. The molecule has 1 fully saturated rings. The van der Waals surface area contributed by atoms with E-state index in [0.717, 1.165) is 5.76 Å². The van der Waals surface area contributed by atoms with Crippen molar-refractivity contribution in [1.29, 1.82) is 0 Å². The average Bonchev–Trinajstić information content (AvgIpc) is 2.76. The van der Waals surface area contributed by atoms with Crippen molar-refractivity contribution < 1.29 is 9.52 Å². The van der Waals surface area contributed by atoms with Gasteiger partial charge in [0.15, 0.2) is 6.10 Å².